The lowest BCUT2D eigenvalue weighted by atomic mass is 9.87. The minimum Gasteiger partial charge on any atom is -0.495 e. The maximum absolute atomic E-state index is 11.9. The van der Waals surface area contributed by atoms with Crippen molar-refractivity contribution in [3.8, 4) is 5.75 Å². The molecule has 2 atom stereocenters. The van der Waals surface area contributed by atoms with E-state index in [2.05, 4.69) is 10.6 Å². The summed E-state index contributed by atoms with van der Waals surface area (Å²) < 4.78 is 5.25. The molecule has 1 aliphatic carbocycles. The van der Waals surface area contributed by atoms with Gasteiger partial charge < -0.3 is 20.5 Å². The molecule has 0 radical (unpaired) electrons. The number of carbonyl (C=O) groups excluding carboxylic acids is 1. The van der Waals surface area contributed by atoms with E-state index in [0.717, 1.165) is 31.4 Å². The van der Waals surface area contributed by atoms with Crippen LogP contribution < -0.4 is 15.4 Å². The standard InChI is InChI=1S/C17H25ClN2O3/c1-23-16-6-5-13(18)10-15(16)19-8-7-17(22)20-11-12-3-2-4-14(21)9-12/h5-6,10,12,14,19,21H,2-4,7-9,11H2,1H3,(H,20,22). The molecule has 0 aliphatic heterocycles. The van der Waals surface area contributed by atoms with Gasteiger partial charge in [-0.05, 0) is 43.4 Å². The Kier molecular flexibility index (Phi) is 6.99. The fourth-order valence-electron chi connectivity index (χ4n) is 2.92. The number of rotatable bonds is 7. The fraction of sp³-hybridized carbons (Fsp3) is 0.588. The zero-order chi connectivity index (χ0) is 16.7. The van der Waals surface area contributed by atoms with Crippen LogP contribution in [-0.2, 0) is 4.79 Å². The number of aliphatic hydroxyl groups excluding tert-OH is 1. The normalized spacial score (nSPS) is 20.8. The van der Waals surface area contributed by atoms with E-state index in [4.69, 9.17) is 16.3 Å². The molecule has 1 fully saturated rings. The molecule has 0 saturated heterocycles. The summed E-state index contributed by atoms with van der Waals surface area (Å²) in [5, 5.41) is 16.4. The summed E-state index contributed by atoms with van der Waals surface area (Å²) in [6.07, 6.45) is 3.97. The monoisotopic (exact) mass is 340 g/mol. The number of nitrogens with one attached hydrogen (secondary N) is 2. The number of hydrogen-bond acceptors (Lipinski definition) is 4. The average Bonchev–Trinajstić information content (AvgIpc) is 2.53. The van der Waals surface area contributed by atoms with Crippen LogP contribution in [0.15, 0.2) is 18.2 Å². The van der Waals surface area contributed by atoms with Crippen molar-refractivity contribution in [1.29, 1.82) is 0 Å². The van der Waals surface area contributed by atoms with Crippen molar-refractivity contribution in [2.45, 2.75) is 38.2 Å². The summed E-state index contributed by atoms with van der Waals surface area (Å²) in [6.45, 7) is 1.16. The third-order valence-corrected chi connectivity index (χ3v) is 4.41. The maximum atomic E-state index is 11.9. The molecule has 2 unspecified atom stereocenters. The number of hydrogen-bond donors (Lipinski definition) is 3. The summed E-state index contributed by atoms with van der Waals surface area (Å²) in [4.78, 5) is 11.9. The topological polar surface area (TPSA) is 70.6 Å². The quantitative estimate of drug-likeness (QED) is 0.713. The number of ether oxygens (including phenoxy) is 1. The lowest BCUT2D eigenvalue weighted by Crippen LogP contribution is -2.33. The molecule has 128 valence electrons. The first-order chi connectivity index (χ1) is 11.1. The van der Waals surface area contributed by atoms with Crippen LogP contribution in [-0.4, -0.2) is 37.3 Å². The van der Waals surface area contributed by atoms with Gasteiger partial charge in [-0.3, -0.25) is 4.79 Å². The lowest BCUT2D eigenvalue weighted by molar-refractivity contribution is -0.121. The first-order valence-corrected chi connectivity index (χ1v) is 8.48. The van der Waals surface area contributed by atoms with E-state index in [1.54, 1.807) is 25.3 Å². The van der Waals surface area contributed by atoms with Crippen LogP contribution in [0.5, 0.6) is 5.75 Å². The van der Waals surface area contributed by atoms with Gasteiger partial charge in [-0.1, -0.05) is 18.0 Å². The van der Waals surface area contributed by atoms with E-state index >= 15 is 0 Å². The zero-order valence-corrected chi connectivity index (χ0v) is 14.2. The lowest BCUT2D eigenvalue weighted by Gasteiger charge is -2.25. The number of aliphatic hydroxyl groups is 1. The van der Waals surface area contributed by atoms with Gasteiger partial charge in [-0.15, -0.1) is 0 Å². The van der Waals surface area contributed by atoms with Gasteiger partial charge >= 0.3 is 0 Å². The summed E-state index contributed by atoms with van der Waals surface area (Å²) in [5.74, 6) is 1.10. The van der Waals surface area contributed by atoms with Gasteiger partial charge in [0.05, 0.1) is 18.9 Å². The first-order valence-electron chi connectivity index (χ1n) is 8.10. The molecule has 5 nitrogen and oxygen atoms in total. The van der Waals surface area contributed by atoms with E-state index in [9.17, 15) is 9.90 Å². The van der Waals surface area contributed by atoms with Crippen molar-refractivity contribution < 1.29 is 14.6 Å². The molecule has 2 rings (SSSR count). The Morgan fingerprint density at radius 1 is 1.43 bits per heavy atom. The molecule has 1 amide bonds. The second-order valence-electron chi connectivity index (χ2n) is 6.01. The molecule has 3 N–H and O–H groups in total. The van der Waals surface area contributed by atoms with Crippen LogP contribution >= 0.6 is 11.6 Å². The summed E-state index contributed by atoms with van der Waals surface area (Å²) >= 11 is 5.97. The molecule has 1 saturated carbocycles. The van der Waals surface area contributed by atoms with Crippen molar-refractivity contribution in [3.05, 3.63) is 23.2 Å². The van der Waals surface area contributed by atoms with Gasteiger partial charge in [-0.2, -0.15) is 0 Å². The van der Waals surface area contributed by atoms with E-state index in [-0.39, 0.29) is 12.0 Å². The molecule has 1 aromatic carbocycles. The Morgan fingerprint density at radius 3 is 3.00 bits per heavy atom. The van der Waals surface area contributed by atoms with Gasteiger partial charge in [-0.25, -0.2) is 0 Å². The summed E-state index contributed by atoms with van der Waals surface area (Å²) in [6, 6.07) is 5.33. The molecule has 23 heavy (non-hydrogen) atoms. The molecule has 1 aromatic rings. The largest absolute Gasteiger partial charge is 0.495 e. The zero-order valence-electron chi connectivity index (χ0n) is 13.5. The van der Waals surface area contributed by atoms with Crippen molar-refractivity contribution >= 4 is 23.2 Å². The van der Waals surface area contributed by atoms with Crippen molar-refractivity contribution in [3.63, 3.8) is 0 Å². The van der Waals surface area contributed by atoms with Gasteiger partial charge in [0.15, 0.2) is 0 Å². The smallest absolute Gasteiger partial charge is 0.221 e. The van der Waals surface area contributed by atoms with Crippen LogP contribution in [0.2, 0.25) is 5.02 Å². The van der Waals surface area contributed by atoms with Crippen molar-refractivity contribution in [2.24, 2.45) is 5.92 Å². The Bertz CT molecular complexity index is 525. The van der Waals surface area contributed by atoms with Crippen LogP contribution in [0, 0.1) is 5.92 Å². The average molecular weight is 341 g/mol. The summed E-state index contributed by atoms with van der Waals surface area (Å²) in [5.41, 5.74) is 0.781. The van der Waals surface area contributed by atoms with E-state index in [1.165, 1.54) is 0 Å². The van der Waals surface area contributed by atoms with E-state index < -0.39 is 0 Å². The molecule has 1 aliphatic rings. The third-order valence-electron chi connectivity index (χ3n) is 4.17. The fourth-order valence-corrected chi connectivity index (χ4v) is 3.10. The van der Waals surface area contributed by atoms with E-state index in [0.29, 0.717) is 36.2 Å². The number of halogens is 1. The summed E-state index contributed by atoms with van der Waals surface area (Å²) in [7, 11) is 1.60. The highest BCUT2D eigenvalue weighted by Crippen LogP contribution is 2.27. The Labute approximate surface area is 142 Å². The van der Waals surface area contributed by atoms with Crippen LogP contribution in [0.4, 0.5) is 5.69 Å². The van der Waals surface area contributed by atoms with Crippen LogP contribution in [0.1, 0.15) is 32.1 Å². The number of anilines is 1. The number of benzene rings is 1. The Morgan fingerprint density at radius 2 is 2.26 bits per heavy atom. The minimum absolute atomic E-state index is 0.0126. The molecule has 0 bridgehead atoms. The SMILES string of the molecule is COc1ccc(Cl)cc1NCCC(=O)NCC1CCCC(O)C1. The molecule has 0 spiro atoms. The molecule has 0 aromatic heterocycles. The molecule has 6 heteroatoms. The predicted octanol–water partition coefficient (Wildman–Crippen LogP) is 2.82. The van der Waals surface area contributed by atoms with Gasteiger partial charge in [0.2, 0.25) is 5.91 Å². The first kappa shape index (κ1) is 17.9. The number of carbonyl (C=O) groups is 1. The van der Waals surface area contributed by atoms with Crippen molar-refractivity contribution in [2.75, 3.05) is 25.5 Å². The highest BCUT2D eigenvalue weighted by molar-refractivity contribution is 6.30. The third kappa shape index (κ3) is 5.92. The molecule has 0 heterocycles. The number of methoxy groups -OCH3 is 1. The Balaban J connectivity index is 1.69. The molecular formula is C17H25ClN2O3. The van der Waals surface area contributed by atoms with E-state index in [1.807, 2.05) is 0 Å². The highest BCUT2D eigenvalue weighted by Gasteiger charge is 2.20. The second-order valence-corrected chi connectivity index (χ2v) is 6.45. The number of amides is 1. The van der Waals surface area contributed by atoms with Gasteiger partial charge in [0, 0.05) is 24.5 Å². The van der Waals surface area contributed by atoms with Gasteiger partial charge in [0.25, 0.3) is 0 Å². The van der Waals surface area contributed by atoms with Gasteiger partial charge in [0.1, 0.15) is 5.75 Å². The minimum atomic E-state index is -0.206. The second kappa shape index (κ2) is 8.99. The highest BCUT2D eigenvalue weighted by atomic mass is 35.5. The predicted molar refractivity (Wildman–Crippen MR) is 92.1 cm³/mol. The Hall–Kier alpha value is -1.46. The van der Waals surface area contributed by atoms with Crippen LogP contribution in [0.25, 0.3) is 0 Å². The van der Waals surface area contributed by atoms with Crippen molar-refractivity contribution in [1.82, 2.24) is 5.32 Å². The molecular weight excluding hydrogens is 316 g/mol. The maximum Gasteiger partial charge on any atom is 0.221 e. The van der Waals surface area contributed by atoms with Crippen LogP contribution in [0.3, 0.4) is 0 Å².